The zero-order valence-corrected chi connectivity index (χ0v) is 11.7. The van der Waals surface area contributed by atoms with E-state index in [-0.39, 0.29) is 5.91 Å². The summed E-state index contributed by atoms with van der Waals surface area (Å²) in [5.41, 5.74) is 6.46. The van der Waals surface area contributed by atoms with Gasteiger partial charge < -0.3 is 15.4 Å². The highest BCUT2D eigenvalue weighted by Crippen LogP contribution is 2.30. The van der Waals surface area contributed by atoms with Crippen molar-refractivity contribution in [2.75, 3.05) is 20.6 Å². The van der Waals surface area contributed by atoms with E-state index in [0.717, 1.165) is 5.56 Å². The smallest absolute Gasteiger partial charge is 0.262 e. The van der Waals surface area contributed by atoms with Crippen molar-refractivity contribution >= 4 is 17.5 Å². The molecular formula is C13H19ClN2O2. The van der Waals surface area contributed by atoms with Crippen molar-refractivity contribution in [2.45, 2.75) is 19.4 Å². The minimum Gasteiger partial charge on any atom is -0.479 e. The molecule has 18 heavy (non-hydrogen) atoms. The number of ether oxygens (including phenoxy) is 1. The number of hydrogen-bond acceptors (Lipinski definition) is 3. The zero-order chi connectivity index (χ0) is 13.7. The molecule has 0 aliphatic carbocycles. The molecule has 1 atom stereocenters. The Kier molecular flexibility index (Phi) is 5.44. The first-order chi connectivity index (χ1) is 8.47. The Morgan fingerprint density at radius 2 is 2.17 bits per heavy atom. The zero-order valence-electron chi connectivity index (χ0n) is 10.9. The Labute approximate surface area is 113 Å². The van der Waals surface area contributed by atoms with Crippen LogP contribution < -0.4 is 10.5 Å². The molecule has 0 saturated carbocycles. The van der Waals surface area contributed by atoms with Gasteiger partial charge in [-0.2, -0.15) is 0 Å². The largest absolute Gasteiger partial charge is 0.479 e. The molecule has 1 rings (SSSR count). The fraction of sp³-hybridized carbons (Fsp3) is 0.462. The maximum atomic E-state index is 11.8. The van der Waals surface area contributed by atoms with Crippen LogP contribution >= 0.6 is 11.6 Å². The lowest BCUT2D eigenvalue weighted by atomic mass is 10.1. The lowest BCUT2D eigenvalue weighted by Gasteiger charge is -2.20. The number of halogens is 1. The quantitative estimate of drug-likeness (QED) is 0.886. The number of carbonyl (C=O) groups excluding carboxylic acids is 1. The molecule has 0 spiro atoms. The molecule has 1 unspecified atom stereocenters. The first-order valence-electron chi connectivity index (χ1n) is 5.82. The van der Waals surface area contributed by atoms with E-state index in [0.29, 0.717) is 23.7 Å². The summed E-state index contributed by atoms with van der Waals surface area (Å²) in [7, 11) is 3.38. The predicted molar refractivity (Wildman–Crippen MR) is 73.0 cm³/mol. The van der Waals surface area contributed by atoms with Crippen LogP contribution in [-0.4, -0.2) is 37.6 Å². The third-order valence-corrected chi connectivity index (χ3v) is 2.84. The molecule has 0 aliphatic rings. The van der Waals surface area contributed by atoms with Gasteiger partial charge in [-0.3, -0.25) is 4.79 Å². The Bertz CT molecular complexity index is 421. The van der Waals surface area contributed by atoms with Crippen LogP contribution in [0.3, 0.4) is 0 Å². The van der Waals surface area contributed by atoms with Crippen molar-refractivity contribution in [2.24, 2.45) is 5.73 Å². The number of rotatable bonds is 5. The summed E-state index contributed by atoms with van der Waals surface area (Å²) in [5, 5.41) is 0.499. The number of para-hydroxylation sites is 1. The first-order valence-corrected chi connectivity index (χ1v) is 6.20. The van der Waals surface area contributed by atoms with Crippen LogP contribution in [0.15, 0.2) is 18.2 Å². The first kappa shape index (κ1) is 14.8. The Morgan fingerprint density at radius 3 is 2.72 bits per heavy atom. The van der Waals surface area contributed by atoms with Gasteiger partial charge in [0.15, 0.2) is 6.10 Å². The van der Waals surface area contributed by atoms with Gasteiger partial charge in [0.1, 0.15) is 5.75 Å². The van der Waals surface area contributed by atoms with Gasteiger partial charge in [-0.15, -0.1) is 0 Å². The highest BCUT2D eigenvalue weighted by atomic mass is 35.5. The average molecular weight is 271 g/mol. The number of benzene rings is 1. The topological polar surface area (TPSA) is 55.6 Å². The summed E-state index contributed by atoms with van der Waals surface area (Å²) in [4.78, 5) is 13.3. The second kappa shape index (κ2) is 6.61. The molecule has 2 N–H and O–H groups in total. The molecule has 100 valence electrons. The van der Waals surface area contributed by atoms with Crippen molar-refractivity contribution in [3.8, 4) is 5.75 Å². The van der Waals surface area contributed by atoms with E-state index in [1.165, 1.54) is 4.90 Å². The molecule has 5 heteroatoms. The second-order valence-electron chi connectivity index (χ2n) is 4.26. The van der Waals surface area contributed by atoms with E-state index >= 15 is 0 Å². The number of nitrogens with zero attached hydrogens (tertiary/aromatic N) is 1. The predicted octanol–water partition coefficient (Wildman–Crippen LogP) is 1.70. The van der Waals surface area contributed by atoms with E-state index in [4.69, 9.17) is 22.1 Å². The van der Waals surface area contributed by atoms with Crippen LogP contribution in [0.1, 0.15) is 12.5 Å². The summed E-state index contributed by atoms with van der Waals surface area (Å²) >= 11 is 6.10. The van der Waals surface area contributed by atoms with Gasteiger partial charge in [-0.05, 0) is 31.5 Å². The van der Waals surface area contributed by atoms with E-state index in [1.54, 1.807) is 27.1 Å². The summed E-state index contributed by atoms with van der Waals surface area (Å²) in [6, 6.07) is 5.49. The van der Waals surface area contributed by atoms with Crippen molar-refractivity contribution in [1.82, 2.24) is 4.90 Å². The van der Waals surface area contributed by atoms with Crippen molar-refractivity contribution in [3.05, 3.63) is 28.8 Å². The molecule has 0 aromatic heterocycles. The van der Waals surface area contributed by atoms with Crippen molar-refractivity contribution in [1.29, 1.82) is 0 Å². The van der Waals surface area contributed by atoms with E-state index in [9.17, 15) is 4.79 Å². The SMILES string of the molecule is CC(Oc1c(Cl)cccc1CCN)C(=O)N(C)C. The third-order valence-electron chi connectivity index (χ3n) is 2.55. The fourth-order valence-electron chi connectivity index (χ4n) is 1.63. The number of nitrogens with two attached hydrogens (primary N) is 1. The molecule has 0 bridgehead atoms. The minimum absolute atomic E-state index is 0.103. The summed E-state index contributed by atoms with van der Waals surface area (Å²) in [6.07, 6.45) is 0.0927. The number of hydrogen-bond donors (Lipinski definition) is 1. The molecule has 4 nitrogen and oxygen atoms in total. The Balaban J connectivity index is 2.92. The molecule has 1 aromatic rings. The Morgan fingerprint density at radius 1 is 1.50 bits per heavy atom. The fourth-order valence-corrected chi connectivity index (χ4v) is 1.87. The molecule has 0 aliphatic heterocycles. The number of likely N-dealkylation sites (N-methyl/N-ethyl adjacent to an activating group) is 1. The molecule has 0 heterocycles. The summed E-state index contributed by atoms with van der Waals surface area (Å²) < 4.78 is 5.67. The van der Waals surface area contributed by atoms with Crippen LogP contribution in [0.4, 0.5) is 0 Å². The van der Waals surface area contributed by atoms with Crippen molar-refractivity contribution < 1.29 is 9.53 Å². The highest BCUT2D eigenvalue weighted by Gasteiger charge is 2.19. The molecule has 1 amide bonds. The van der Waals surface area contributed by atoms with E-state index in [2.05, 4.69) is 0 Å². The monoisotopic (exact) mass is 270 g/mol. The van der Waals surface area contributed by atoms with Gasteiger partial charge in [-0.1, -0.05) is 23.7 Å². The second-order valence-corrected chi connectivity index (χ2v) is 4.67. The lowest BCUT2D eigenvalue weighted by Crippen LogP contribution is -2.35. The van der Waals surface area contributed by atoms with E-state index < -0.39 is 6.10 Å². The summed E-state index contributed by atoms with van der Waals surface area (Å²) in [5.74, 6) is 0.445. The van der Waals surface area contributed by atoms with Gasteiger partial charge in [-0.25, -0.2) is 0 Å². The highest BCUT2D eigenvalue weighted by molar-refractivity contribution is 6.32. The maximum Gasteiger partial charge on any atom is 0.262 e. The van der Waals surface area contributed by atoms with Crippen LogP contribution in [0.2, 0.25) is 5.02 Å². The number of amides is 1. The molecule has 0 fully saturated rings. The van der Waals surface area contributed by atoms with Crippen LogP contribution in [0.25, 0.3) is 0 Å². The van der Waals surface area contributed by atoms with Gasteiger partial charge in [0.05, 0.1) is 5.02 Å². The Hall–Kier alpha value is -1.26. The third kappa shape index (κ3) is 3.62. The van der Waals surface area contributed by atoms with Crippen LogP contribution in [0.5, 0.6) is 5.75 Å². The molecule has 0 saturated heterocycles. The van der Waals surface area contributed by atoms with E-state index in [1.807, 2.05) is 12.1 Å². The van der Waals surface area contributed by atoms with Gasteiger partial charge >= 0.3 is 0 Å². The number of carbonyl (C=O) groups is 1. The molecule has 1 aromatic carbocycles. The van der Waals surface area contributed by atoms with Gasteiger partial charge in [0, 0.05) is 14.1 Å². The van der Waals surface area contributed by atoms with Gasteiger partial charge in [0.2, 0.25) is 0 Å². The molecule has 0 radical (unpaired) electrons. The minimum atomic E-state index is -0.573. The normalized spacial score (nSPS) is 12.1. The summed E-state index contributed by atoms with van der Waals surface area (Å²) in [6.45, 7) is 2.21. The maximum absolute atomic E-state index is 11.8. The average Bonchev–Trinajstić information content (AvgIpc) is 2.32. The molecular weight excluding hydrogens is 252 g/mol. The van der Waals surface area contributed by atoms with Gasteiger partial charge in [0.25, 0.3) is 5.91 Å². The van der Waals surface area contributed by atoms with Crippen LogP contribution in [0, 0.1) is 0 Å². The standard InChI is InChI=1S/C13H19ClN2O2/c1-9(13(17)16(2)3)18-12-10(7-8-15)5-4-6-11(12)14/h4-6,9H,7-8,15H2,1-3H3. The van der Waals surface area contributed by atoms with Crippen molar-refractivity contribution in [3.63, 3.8) is 0 Å². The van der Waals surface area contributed by atoms with Crippen LogP contribution in [-0.2, 0) is 11.2 Å². The lowest BCUT2D eigenvalue weighted by molar-refractivity contribution is -0.135.